The Balaban J connectivity index is 2.41. The molecule has 0 heterocycles. The van der Waals surface area contributed by atoms with Crippen molar-refractivity contribution in [2.24, 2.45) is 0 Å². The van der Waals surface area contributed by atoms with Gasteiger partial charge in [0.25, 0.3) is 0 Å². The molecule has 0 amide bonds. The molecule has 1 unspecified atom stereocenters. The molecule has 4 heteroatoms. The summed E-state index contributed by atoms with van der Waals surface area (Å²) in [5, 5.41) is 12.0. The van der Waals surface area contributed by atoms with E-state index in [2.05, 4.69) is 18.3 Å². The van der Waals surface area contributed by atoms with E-state index in [1.807, 2.05) is 6.07 Å². The van der Waals surface area contributed by atoms with Crippen molar-refractivity contribution in [2.75, 3.05) is 12.3 Å². The van der Waals surface area contributed by atoms with Gasteiger partial charge in [0.1, 0.15) is 11.9 Å². The van der Waals surface area contributed by atoms with Crippen molar-refractivity contribution in [1.29, 1.82) is 5.26 Å². The lowest BCUT2D eigenvalue weighted by Gasteiger charge is -2.09. The summed E-state index contributed by atoms with van der Waals surface area (Å²) in [4.78, 5) is 0.860. The lowest BCUT2D eigenvalue weighted by molar-refractivity contribution is 0.623. The van der Waals surface area contributed by atoms with E-state index in [0.29, 0.717) is 5.75 Å². The van der Waals surface area contributed by atoms with Crippen molar-refractivity contribution in [2.45, 2.75) is 24.3 Å². The van der Waals surface area contributed by atoms with E-state index in [0.717, 1.165) is 17.9 Å². The molecule has 0 aliphatic rings. The Labute approximate surface area is 99.9 Å². The number of benzene rings is 1. The van der Waals surface area contributed by atoms with Gasteiger partial charge in [0, 0.05) is 10.6 Å². The summed E-state index contributed by atoms with van der Waals surface area (Å²) in [6, 6.07) is 8.45. The zero-order valence-electron chi connectivity index (χ0n) is 9.24. The lowest BCUT2D eigenvalue weighted by Crippen LogP contribution is -2.30. The molecular weight excluding hydrogens is 223 g/mol. The maximum atomic E-state index is 12.9. The second-order valence-corrected chi connectivity index (χ2v) is 4.50. The molecule has 86 valence electrons. The molecule has 0 aliphatic heterocycles. The highest BCUT2D eigenvalue weighted by Crippen LogP contribution is 2.19. The van der Waals surface area contributed by atoms with E-state index in [-0.39, 0.29) is 11.9 Å². The van der Waals surface area contributed by atoms with Gasteiger partial charge < -0.3 is 5.32 Å². The van der Waals surface area contributed by atoms with Crippen LogP contribution in [0.3, 0.4) is 0 Å². The van der Waals surface area contributed by atoms with Crippen molar-refractivity contribution < 1.29 is 4.39 Å². The van der Waals surface area contributed by atoms with Gasteiger partial charge in [-0.25, -0.2) is 4.39 Å². The molecule has 1 aromatic carbocycles. The van der Waals surface area contributed by atoms with Gasteiger partial charge in [-0.3, -0.25) is 0 Å². The van der Waals surface area contributed by atoms with Crippen LogP contribution in [0.15, 0.2) is 29.2 Å². The average Bonchev–Trinajstić information content (AvgIpc) is 2.29. The fraction of sp³-hybridized carbons (Fsp3) is 0.417. The first-order chi connectivity index (χ1) is 7.76. The molecule has 1 rings (SSSR count). The van der Waals surface area contributed by atoms with Crippen molar-refractivity contribution in [3.8, 4) is 6.07 Å². The Morgan fingerprint density at radius 1 is 1.56 bits per heavy atom. The third kappa shape index (κ3) is 4.65. The number of hydrogen-bond donors (Lipinski definition) is 1. The smallest absolute Gasteiger partial charge is 0.124 e. The van der Waals surface area contributed by atoms with Crippen molar-refractivity contribution >= 4 is 11.8 Å². The fourth-order valence-corrected chi connectivity index (χ4v) is 2.12. The largest absolute Gasteiger partial charge is 0.301 e. The van der Waals surface area contributed by atoms with E-state index < -0.39 is 0 Å². The Hall–Kier alpha value is -1.05. The average molecular weight is 238 g/mol. The number of nitriles is 1. The van der Waals surface area contributed by atoms with Gasteiger partial charge in [-0.05, 0) is 31.2 Å². The van der Waals surface area contributed by atoms with Crippen LogP contribution in [0.25, 0.3) is 0 Å². The van der Waals surface area contributed by atoms with Gasteiger partial charge in [0.15, 0.2) is 0 Å². The van der Waals surface area contributed by atoms with Crippen molar-refractivity contribution in [3.63, 3.8) is 0 Å². The van der Waals surface area contributed by atoms with E-state index in [4.69, 9.17) is 5.26 Å². The Morgan fingerprint density at radius 3 is 3.00 bits per heavy atom. The highest BCUT2D eigenvalue weighted by molar-refractivity contribution is 7.99. The topological polar surface area (TPSA) is 35.8 Å². The monoisotopic (exact) mass is 238 g/mol. The summed E-state index contributed by atoms with van der Waals surface area (Å²) < 4.78 is 12.9. The molecular formula is C12H15FN2S. The molecule has 0 spiro atoms. The molecule has 0 aliphatic carbocycles. The molecule has 1 aromatic rings. The molecule has 1 atom stereocenters. The van der Waals surface area contributed by atoms with E-state index >= 15 is 0 Å². The van der Waals surface area contributed by atoms with Crippen LogP contribution in [0.1, 0.15) is 13.3 Å². The predicted molar refractivity (Wildman–Crippen MR) is 64.8 cm³/mol. The summed E-state index contributed by atoms with van der Waals surface area (Å²) >= 11 is 1.49. The molecule has 0 saturated carbocycles. The molecule has 0 bridgehead atoms. The van der Waals surface area contributed by atoms with E-state index in [1.54, 1.807) is 6.07 Å². The van der Waals surface area contributed by atoms with Gasteiger partial charge in [-0.15, -0.1) is 11.8 Å². The molecule has 0 radical (unpaired) electrons. The van der Waals surface area contributed by atoms with Crippen LogP contribution in [-0.2, 0) is 0 Å². The van der Waals surface area contributed by atoms with Gasteiger partial charge in [-0.1, -0.05) is 13.0 Å². The van der Waals surface area contributed by atoms with Crippen LogP contribution in [-0.4, -0.2) is 18.3 Å². The standard InChI is InChI=1S/C12H15FN2S/c1-2-6-15-11(8-14)9-16-12-5-3-4-10(13)7-12/h3-5,7,11,15H,2,6,9H2,1H3. The van der Waals surface area contributed by atoms with Crippen molar-refractivity contribution in [1.82, 2.24) is 5.32 Å². The Bertz CT molecular complexity index is 362. The number of hydrogen-bond acceptors (Lipinski definition) is 3. The van der Waals surface area contributed by atoms with Gasteiger partial charge in [0.2, 0.25) is 0 Å². The number of rotatable bonds is 6. The van der Waals surface area contributed by atoms with Crippen LogP contribution in [0.5, 0.6) is 0 Å². The summed E-state index contributed by atoms with van der Waals surface area (Å²) in [5.74, 6) is 0.403. The molecule has 1 N–H and O–H groups in total. The third-order valence-corrected chi connectivity index (χ3v) is 3.10. The summed E-state index contributed by atoms with van der Waals surface area (Å²) in [6.45, 7) is 2.89. The van der Waals surface area contributed by atoms with Gasteiger partial charge in [-0.2, -0.15) is 5.26 Å². The number of nitrogens with one attached hydrogen (secondary N) is 1. The van der Waals surface area contributed by atoms with Crippen LogP contribution in [0.2, 0.25) is 0 Å². The zero-order chi connectivity index (χ0) is 11.8. The SMILES string of the molecule is CCCNC(C#N)CSc1cccc(F)c1. The first-order valence-electron chi connectivity index (χ1n) is 5.27. The highest BCUT2D eigenvalue weighted by Gasteiger charge is 2.06. The first-order valence-corrected chi connectivity index (χ1v) is 6.26. The maximum absolute atomic E-state index is 12.9. The number of thioether (sulfide) groups is 1. The third-order valence-electron chi connectivity index (χ3n) is 2.01. The summed E-state index contributed by atoms with van der Waals surface area (Å²) in [7, 11) is 0. The second kappa shape index (κ2) is 7.26. The number of halogens is 1. The fourth-order valence-electron chi connectivity index (χ4n) is 1.20. The normalized spacial score (nSPS) is 12.1. The minimum Gasteiger partial charge on any atom is -0.301 e. The van der Waals surface area contributed by atoms with E-state index in [9.17, 15) is 4.39 Å². The molecule has 0 saturated heterocycles. The first kappa shape index (κ1) is 13.0. The quantitative estimate of drug-likeness (QED) is 0.774. The zero-order valence-corrected chi connectivity index (χ0v) is 10.1. The second-order valence-electron chi connectivity index (χ2n) is 3.40. The maximum Gasteiger partial charge on any atom is 0.124 e. The summed E-state index contributed by atoms with van der Waals surface area (Å²) in [5.41, 5.74) is 0. The molecule has 0 aromatic heterocycles. The Morgan fingerprint density at radius 2 is 2.38 bits per heavy atom. The predicted octanol–water partition coefficient (Wildman–Crippen LogP) is 2.81. The van der Waals surface area contributed by atoms with Crippen LogP contribution < -0.4 is 5.32 Å². The molecule has 2 nitrogen and oxygen atoms in total. The van der Waals surface area contributed by atoms with Crippen LogP contribution >= 0.6 is 11.8 Å². The molecule has 16 heavy (non-hydrogen) atoms. The van der Waals surface area contributed by atoms with Crippen LogP contribution in [0, 0.1) is 17.1 Å². The van der Waals surface area contributed by atoms with Crippen LogP contribution in [0.4, 0.5) is 4.39 Å². The summed E-state index contributed by atoms with van der Waals surface area (Å²) in [6.07, 6.45) is 1.00. The number of nitrogens with zero attached hydrogens (tertiary/aromatic N) is 1. The highest BCUT2D eigenvalue weighted by atomic mass is 32.2. The minimum absolute atomic E-state index is 0.173. The van der Waals surface area contributed by atoms with Gasteiger partial charge >= 0.3 is 0 Å². The molecule has 0 fully saturated rings. The van der Waals surface area contributed by atoms with E-state index in [1.165, 1.54) is 23.9 Å². The lowest BCUT2D eigenvalue weighted by atomic mass is 10.3. The van der Waals surface area contributed by atoms with Crippen molar-refractivity contribution in [3.05, 3.63) is 30.1 Å². The van der Waals surface area contributed by atoms with Gasteiger partial charge in [0.05, 0.1) is 6.07 Å². The Kier molecular flexibility index (Phi) is 5.91. The minimum atomic E-state index is -0.236.